The molecule has 0 aromatic heterocycles. The van der Waals surface area contributed by atoms with Gasteiger partial charge in [0.05, 0.1) is 7.11 Å². The number of carboxylic acids is 1. The van der Waals surface area contributed by atoms with Crippen molar-refractivity contribution in [2.75, 3.05) is 21.2 Å². The third-order valence-electron chi connectivity index (χ3n) is 1.93. The molecule has 0 saturated carbocycles. The monoisotopic (exact) mass is 268 g/mol. The molecule has 9 heteroatoms. The Labute approximate surface area is 99.7 Å². The van der Waals surface area contributed by atoms with E-state index >= 15 is 0 Å². The van der Waals surface area contributed by atoms with Gasteiger partial charge in [-0.05, 0) is 6.42 Å². The maximum Gasteiger partial charge on any atom is 0.321 e. The first-order chi connectivity index (χ1) is 7.70. The van der Waals surface area contributed by atoms with Crippen molar-refractivity contribution in [2.45, 2.75) is 18.9 Å². The summed E-state index contributed by atoms with van der Waals surface area (Å²) in [5.74, 6) is -1.94. The topological polar surface area (TPSA) is 113 Å². The summed E-state index contributed by atoms with van der Waals surface area (Å²) < 4.78 is 29.9. The van der Waals surface area contributed by atoms with Crippen LogP contribution in [0.2, 0.25) is 0 Å². The molecule has 0 aliphatic rings. The highest BCUT2D eigenvalue weighted by Gasteiger charge is 2.25. The fraction of sp³-hybridized carbons (Fsp3) is 0.750. The zero-order valence-corrected chi connectivity index (χ0v) is 10.7. The highest BCUT2D eigenvalue weighted by molar-refractivity contribution is 7.87. The Bertz CT molecular complexity index is 377. The summed E-state index contributed by atoms with van der Waals surface area (Å²) in [5, 5.41) is 8.81. The minimum atomic E-state index is -3.85. The molecular weight excluding hydrogens is 252 g/mol. The first-order valence-electron chi connectivity index (χ1n) is 4.70. The van der Waals surface area contributed by atoms with Crippen molar-refractivity contribution in [3.63, 3.8) is 0 Å². The van der Waals surface area contributed by atoms with Crippen LogP contribution in [0.25, 0.3) is 0 Å². The second-order valence-electron chi connectivity index (χ2n) is 3.41. The number of hydrogen-bond donors (Lipinski definition) is 2. The molecule has 1 atom stereocenters. The summed E-state index contributed by atoms with van der Waals surface area (Å²) in [5.41, 5.74) is 0. The Morgan fingerprint density at radius 3 is 2.29 bits per heavy atom. The lowest BCUT2D eigenvalue weighted by atomic mass is 10.2. The van der Waals surface area contributed by atoms with Gasteiger partial charge in [-0.15, -0.1) is 0 Å². The standard InChI is InChI=1S/C8H16N2O6S/c1-10(2)17(14,15)9-6(8(12)13)4-5-7(11)16-3/h6,9H,4-5H2,1-3H3,(H,12,13). The summed E-state index contributed by atoms with van der Waals surface area (Å²) in [6, 6.07) is -1.36. The second kappa shape index (κ2) is 6.52. The van der Waals surface area contributed by atoms with Crippen molar-refractivity contribution in [1.29, 1.82) is 0 Å². The van der Waals surface area contributed by atoms with Crippen molar-refractivity contribution in [1.82, 2.24) is 9.03 Å². The fourth-order valence-corrected chi connectivity index (χ4v) is 1.67. The zero-order valence-electron chi connectivity index (χ0n) is 9.84. The highest BCUT2D eigenvalue weighted by atomic mass is 32.2. The molecule has 8 nitrogen and oxygen atoms in total. The minimum absolute atomic E-state index is 0.172. The van der Waals surface area contributed by atoms with E-state index in [1.807, 2.05) is 4.72 Å². The highest BCUT2D eigenvalue weighted by Crippen LogP contribution is 2.02. The summed E-state index contributed by atoms with van der Waals surface area (Å²) in [4.78, 5) is 21.6. The van der Waals surface area contributed by atoms with E-state index in [-0.39, 0.29) is 12.8 Å². The van der Waals surface area contributed by atoms with Gasteiger partial charge >= 0.3 is 11.9 Å². The predicted octanol–water partition coefficient (Wildman–Crippen LogP) is -1.21. The lowest BCUT2D eigenvalue weighted by Crippen LogP contribution is -2.46. The number of nitrogens with zero attached hydrogens (tertiary/aromatic N) is 1. The van der Waals surface area contributed by atoms with Crippen molar-refractivity contribution < 1.29 is 27.9 Å². The normalized spacial score (nSPS) is 13.4. The summed E-state index contributed by atoms with van der Waals surface area (Å²) in [7, 11) is -0.147. The fourth-order valence-electron chi connectivity index (χ4n) is 0.882. The van der Waals surface area contributed by atoms with E-state index in [0.717, 1.165) is 4.31 Å². The molecule has 0 heterocycles. The van der Waals surface area contributed by atoms with Crippen LogP contribution in [-0.4, -0.2) is 57.0 Å². The van der Waals surface area contributed by atoms with E-state index in [2.05, 4.69) is 4.74 Å². The number of hydrogen-bond acceptors (Lipinski definition) is 5. The quantitative estimate of drug-likeness (QED) is 0.560. The van der Waals surface area contributed by atoms with Crippen molar-refractivity contribution >= 4 is 22.1 Å². The van der Waals surface area contributed by atoms with Gasteiger partial charge in [0.1, 0.15) is 6.04 Å². The third-order valence-corrected chi connectivity index (χ3v) is 3.48. The van der Waals surface area contributed by atoms with Crippen molar-refractivity contribution in [2.24, 2.45) is 0 Å². The molecule has 17 heavy (non-hydrogen) atoms. The number of carboxylic acid groups (broad SMARTS) is 1. The first kappa shape index (κ1) is 15.8. The predicted molar refractivity (Wildman–Crippen MR) is 58.4 cm³/mol. The number of aliphatic carboxylic acids is 1. The van der Waals surface area contributed by atoms with Crippen LogP contribution >= 0.6 is 0 Å². The summed E-state index contributed by atoms with van der Waals surface area (Å²) in [6.07, 6.45) is -0.349. The van der Waals surface area contributed by atoms with E-state index < -0.39 is 28.2 Å². The molecule has 1 unspecified atom stereocenters. The van der Waals surface area contributed by atoms with Crippen LogP contribution in [0.4, 0.5) is 0 Å². The molecule has 0 bridgehead atoms. The van der Waals surface area contributed by atoms with E-state index in [1.165, 1.54) is 21.2 Å². The summed E-state index contributed by atoms with van der Waals surface area (Å²) >= 11 is 0. The van der Waals surface area contributed by atoms with Gasteiger partial charge in [-0.25, -0.2) is 0 Å². The maximum absolute atomic E-state index is 11.4. The first-order valence-corrected chi connectivity index (χ1v) is 6.14. The SMILES string of the molecule is COC(=O)CCC(NS(=O)(=O)N(C)C)C(=O)O. The Morgan fingerprint density at radius 1 is 1.41 bits per heavy atom. The van der Waals surface area contributed by atoms with Crippen molar-refractivity contribution in [3.8, 4) is 0 Å². The Hall–Kier alpha value is -1.19. The maximum atomic E-state index is 11.4. The average molecular weight is 268 g/mol. The van der Waals surface area contributed by atoms with E-state index in [1.54, 1.807) is 0 Å². The Kier molecular flexibility index (Phi) is 6.07. The molecule has 0 aliphatic carbocycles. The van der Waals surface area contributed by atoms with E-state index in [9.17, 15) is 18.0 Å². The van der Waals surface area contributed by atoms with Crippen LogP contribution in [0.15, 0.2) is 0 Å². The van der Waals surface area contributed by atoms with Gasteiger partial charge in [-0.1, -0.05) is 0 Å². The zero-order chi connectivity index (χ0) is 13.6. The molecule has 0 fully saturated rings. The van der Waals surface area contributed by atoms with Gasteiger partial charge < -0.3 is 9.84 Å². The minimum Gasteiger partial charge on any atom is -0.480 e. The number of rotatable bonds is 7. The molecule has 0 aromatic rings. The second-order valence-corrected chi connectivity index (χ2v) is 5.33. The number of nitrogens with one attached hydrogen (secondary N) is 1. The number of esters is 1. The molecular formula is C8H16N2O6S. The molecule has 0 aliphatic heterocycles. The van der Waals surface area contributed by atoms with Crippen LogP contribution in [0.3, 0.4) is 0 Å². The molecule has 0 spiro atoms. The lowest BCUT2D eigenvalue weighted by molar-refractivity contribution is -0.142. The lowest BCUT2D eigenvalue weighted by Gasteiger charge is -2.17. The Morgan fingerprint density at radius 2 is 1.94 bits per heavy atom. The molecule has 0 amide bonds. The smallest absolute Gasteiger partial charge is 0.321 e. The van der Waals surface area contributed by atoms with Crippen molar-refractivity contribution in [3.05, 3.63) is 0 Å². The van der Waals surface area contributed by atoms with Crippen LogP contribution in [-0.2, 0) is 24.5 Å². The summed E-state index contributed by atoms with van der Waals surface area (Å²) in [6.45, 7) is 0. The van der Waals surface area contributed by atoms with Gasteiger partial charge in [0.2, 0.25) is 0 Å². The molecule has 2 N–H and O–H groups in total. The number of carbonyl (C=O) groups is 2. The molecule has 0 rings (SSSR count). The van der Waals surface area contributed by atoms with Gasteiger partial charge in [0.25, 0.3) is 10.2 Å². The molecule has 0 saturated heterocycles. The van der Waals surface area contributed by atoms with Gasteiger partial charge in [0.15, 0.2) is 0 Å². The molecule has 0 radical (unpaired) electrons. The van der Waals surface area contributed by atoms with Crippen LogP contribution in [0.1, 0.15) is 12.8 Å². The third kappa shape index (κ3) is 5.61. The van der Waals surface area contributed by atoms with Gasteiger partial charge in [0, 0.05) is 20.5 Å². The van der Waals surface area contributed by atoms with Gasteiger partial charge in [-0.3, -0.25) is 9.59 Å². The largest absolute Gasteiger partial charge is 0.480 e. The number of methoxy groups -OCH3 is 1. The van der Waals surface area contributed by atoms with Crippen LogP contribution in [0, 0.1) is 0 Å². The molecule has 100 valence electrons. The van der Waals surface area contributed by atoms with Gasteiger partial charge in [-0.2, -0.15) is 17.4 Å². The van der Waals surface area contributed by atoms with E-state index in [4.69, 9.17) is 5.11 Å². The van der Waals surface area contributed by atoms with E-state index in [0.29, 0.717) is 0 Å². The van der Waals surface area contributed by atoms with Crippen LogP contribution in [0.5, 0.6) is 0 Å². The average Bonchev–Trinajstić information content (AvgIpc) is 2.22. The number of ether oxygens (including phenoxy) is 1. The Balaban J connectivity index is 4.57. The molecule has 0 aromatic carbocycles. The number of carbonyl (C=O) groups excluding carboxylic acids is 1. The van der Waals surface area contributed by atoms with Crippen LogP contribution < -0.4 is 4.72 Å².